The summed E-state index contributed by atoms with van der Waals surface area (Å²) in [5.41, 5.74) is 4.20. The minimum absolute atomic E-state index is 0.0303. The molecule has 1 fully saturated rings. The van der Waals surface area contributed by atoms with Crippen LogP contribution < -0.4 is 17.0 Å². The average molecular weight is 795 g/mol. The number of hydrogen-bond donors (Lipinski definition) is 1. The molecule has 2 N–H and O–H groups in total. The van der Waals surface area contributed by atoms with Crippen LogP contribution in [0.1, 0.15) is 98.3 Å². The van der Waals surface area contributed by atoms with E-state index in [1.807, 2.05) is 13.1 Å². The summed E-state index contributed by atoms with van der Waals surface area (Å²) in [4.78, 5) is 27.5. The van der Waals surface area contributed by atoms with Crippen LogP contribution in [0.15, 0.2) is 26.9 Å². The maximum atomic E-state index is 14.2. The van der Waals surface area contributed by atoms with Crippen LogP contribution in [-0.4, -0.2) is 63.9 Å². The van der Waals surface area contributed by atoms with Gasteiger partial charge >= 0.3 is 5.69 Å². The summed E-state index contributed by atoms with van der Waals surface area (Å²) in [5.74, 6) is 0. The number of nitrogens with zero attached hydrogens (tertiary/aromatic N) is 2. The van der Waals surface area contributed by atoms with Gasteiger partial charge in [0.15, 0.2) is 28.5 Å². The van der Waals surface area contributed by atoms with Crippen LogP contribution in [0.4, 0.5) is 0 Å². The third-order valence-electron chi connectivity index (χ3n) is 10.7. The predicted molar refractivity (Wildman–Crippen MR) is 200 cm³/mol. The second-order valence-electron chi connectivity index (χ2n) is 16.5. The summed E-state index contributed by atoms with van der Waals surface area (Å²) in [6, 6.07) is 0. The number of ether oxygens (including phenoxy) is 1. The number of hydrogen-bond acceptors (Lipinski definition) is 9. The van der Waals surface area contributed by atoms with Crippen LogP contribution >= 0.6 is 15.9 Å². The molecule has 0 aromatic carbocycles. The van der Waals surface area contributed by atoms with Crippen molar-refractivity contribution in [3.63, 3.8) is 0 Å². The molecule has 0 aliphatic carbocycles. The third kappa shape index (κ3) is 8.86. The first-order valence-corrected chi connectivity index (χ1v) is 25.6. The quantitative estimate of drug-likeness (QED) is 0.0894. The van der Waals surface area contributed by atoms with Gasteiger partial charge in [-0.15, -0.1) is 0 Å². The molecule has 2 aliphatic rings. The fourth-order valence-corrected chi connectivity index (χ4v) is 9.50. The van der Waals surface area contributed by atoms with Gasteiger partial charge in [-0.2, -0.15) is 8.42 Å². The van der Waals surface area contributed by atoms with E-state index >= 15 is 0 Å². The number of aryl methyl sites for hydroxylation is 1. The summed E-state index contributed by atoms with van der Waals surface area (Å²) in [6.45, 7) is 22.7. The lowest BCUT2D eigenvalue weighted by Gasteiger charge is -2.43. The fraction of sp³-hybridized carbons (Fsp3) is 0.818. The zero-order chi connectivity index (χ0) is 36.5. The van der Waals surface area contributed by atoms with Crippen LogP contribution in [0, 0.1) is 6.92 Å². The van der Waals surface area contributed by atoms with Crippen LogP contribution in [0.2, 0.25) is 36.3 Å². The van der Waals surface area contributed by atoms with Crippen LogP contribution in [-0.2, 0) is 34.4 Å². The van der Waals surface area contributed by atoms with E-state index in [9.17, 15) is 18.0 Å². The van der Waals surface area contributed by atoms with Crippen molar-refractivity contribution < 1.29 is 26.2 Å². The van der Waals surface area contributed by atoms with E-state index in [1.54, 1.807) is 6.92 Å². The second kappa shape index (κ2) is 15.3. The van der Waals surface area contributed by atoms with E-state index in [0.29, 0.717) is 12.0 Å². The first-order chi connectivity index (χ1) is 21.9. The van der Waals surface area contributed by atoms with Crippen molar-refractivity contribution in [3.05, 3.63) is 43.7 Å². The van der Waals surface area contributed by atoms with Gasteiger partial charge in [0, 0.05) is 23.6 Å². The Hall–Kier alpha value is -1.08. The van der Waals surface area contributed by atoms with E-state index in [1.165, 1.54) is 21.8 Å². The molecule has 276 valence electrons. The van der Waals surface area contributed by atoms with Gasteiger partial charge in [-0.3, -0.25) is 13.9 Å². The molecule has 3 heterocycles. The summed E-state index contributed by atoms with van der Waals surface area (Å²) < 4.78 is 55.0. The van der Waals surface area contributed by atoms with Crippen molar-refractivity contribution in [2.45, 2.75) is 160 Å². The number of unbranched alkanes of at least 4 members (excludes halogenated alkanes) is 6. The molecule has 2 unspecified atom stereocenters. The smallest absolute Gasteiger partial charge is 0.333 e. The molecule has 0 saturated carbocycles. The second-order valence-corrected chi connectivity index (χ2v) is 28.2. The molecule has 15 heteroatoms. The van der Waals surface area contributed by atoms with Crippen molar-refractivity contribution >= 4 is 42.7 Å². The Bertz CT molecular complexity index is 1550. The number of rotatable bonds is 15. The summed E-state index contributed by atoms with van der Waals surface area (Å²) >= 11 is 3.47. The van der Waals surface area contributed by atoms with Gasteiger partial charge in [-0.1, -0.05) is 89.6 Å². The molecule has 3 rings (SSSR count). The Morgan fingerprint density at radius 2 is 1.48 bits per heavy atom. The van der Waals surface area contributed by atoms with Crippen LogP contribution in [0.5, 0.6) is 0 Å². The first kappa shape index (κ1) is 41.3. The van der Waals surface area contributed by atoms with Crippen LogP contribution in [0.25, 0.3) is 0 Å². The highest BCUT2D eigenvalue weighted by Gasteiger charge is 2.67. The maximum absolute atomic E-state index is 14.2. The molecule has 1 aromatic heterocycles. The van der Waals surface area contributed by atoms with Gasteiger partial charge in [-0.25, -0.2) is 8.98 Å². The summed E-state index contributed by atoms with van der Waals surface area (Å²) in [5, 5.41) is 1.49. The van der Waals surface area contributed by atoms with E-state index in [4.69, 9.17) is 23.5 Å². The zero-order valence-corrected chi connectivity index (χ0v) is 35.4. The van der Waals surface area contributed by atoms with Crippen molar-refractivity contribution in [1.29, 1.82) is 0 Å². The molecule has 1 aromatic rings. The number of halogens is 1. The molecule has 0 radical (unpaired) electrons. The molecule has 48 heavy (non-hydrogen) atoms. The average Bonchev–Trinajstić information content (AvgIpc) is 3.37. The molecule has 1 saturated heterocycles. The van der Waals surface area contributed by atoms with Crippen molar-refractivity contribution in [3.8, 4) is 0 Å². The Morgan fingerprint density at radius 1 is 0.938 bits per heavy atom. The molecule has 4 atom stereocenters. The Morgan fingerprint density at radius 3 is 1.98 bits per heavy atom. The highest BCUT2D eigenvalue weighted by atomic mass is 79.9. The van der Waals surface area contributed by atoms with Gasteiger partial charge in [0.2, 0.25) is 0 Å². The van der Waals surface area contributed by atoms with E-state index < -0.39 is 56.5 Å². The minimum atomic E-state index is -4.21. The highest BCUT2D eigenvalue weighted by molar-refractivity contribution is 9.09. The number of aromatic nitrogens is 2. The predicted octanol–water partition coefficient (Wildman–Crippen LogP) is 6.65. The van der Waals surface area contributed by atoms with Gasteiger partial charge in [0.25, 0.3) is 15.7 Å². The molecule has 1 spiro atoms. The Labute approximate surface area is 298 Å². The molecule has 11 nitrogen and oxygen atoms in total. The summed E-state index contributed by atoms with van der Waals surface area (Å²) in [7, 11) is -9.26. The minimum Gasteiger partial charge on any atom is -0.414 e. The number of alkyl halides is 1. The lowest BCUT2D eigenvalue weighted by Crippen LogP contribution is -2.59. The van der Waals surface area contributed by atoms with E-state index in [-0.39, 0.29) is 34.5 Å². The van der Waals surface area contributed by atoms with Crippen LogP contribution in [0.3, 0.4) is 0 Å². The maximum Gasteiger partial charge on any atom is 0.333 e. The van der Waals surface area contributed by atoms with Crippen molar-refractivity contribution in [1.82, 2.24) is 9.13 Å². The molecule has 0 bridgehead atoms. The standard InChI is InChI=1S/C33H60BrN3O8SSi2/c1-24-21-37(30(39)36(28(24)38)20-18-16-14-12-13-15-17-19-34)29-27(44-48(10,11)32(5,6)7)33(25(35)23-46(40,41)45-33)26(43-29)22-42-47(8,9)31(2,3)4/h21,23,26-27,29H,12-20,22,35H2,1-11H3/t26?,27-,29+,33?/m0/s1. The topological polar surface area (TPSA) is 141 Å². The Balaban J connectivity index is 2.11. The molecular formula is C33H60BrN3O8SSi2. The van der Waals surface area contributed by atoms with E-state index in [2.05, 4.69) is 70.6 Å². The van der Waals surface area contributed by atoms with Gasteiger partial charge in [0.05, 0.1) is 17.7 Å². The van der Waals surface area contributed by atoms with Gasteiger partial charge < -0.3 is 19.3 Å². The lowest BCUT2D eigenvalue weighted by atomic mass is 9.89. The van der Waals surface area contributed by atoms with Gasteiger partial charge in [0.1, 0.15) is 12.2 Å². The molecular weight excluding hydrogens is 735 g/mol. The Kier molecular flexibility index (Phi) is 13.1. The lowest BCUT2D eigenvalue weighted by molar-refractivity contribution is -0.0567. The fourth-order valence-electron chi connectivity index (χ4n) is 5.60. The summed E-state index contributed by atoms with van der Waals surface area (Å²) in [6.07, 6.45) is 5.37. The molecule has 2 aliphatic heterocycles. The zero-order valence-electron chi connectivity index (χ0n) is 31.0. The highest BCUT2D eigenvalue weighted by Crippen LogP contribution is 2.52. The number of nitrogens with two attached hydrogens (primary N) is 1. The van der Waals surface area contributed by atoms with Crippen molar-refractivity contribution in [2.24, 2.45) is 5.73 Å². The SMILES string of the molecule is Cc1cn([C@@H]2OC(CO[Si](C)(C)C(C)(C)C)C3(OS(=O)(=O)C=C3N)[C@H]2O[Si](C)(C)C(C)(C)C)c(=O)n(CCCCCCCCCBr)c1=O. The largest absolute Gasteiger partial charge is 0.414 e. The molecule has 0 amide bonds. The monoisotopic (exact) mass is 793 g/mol. The first-order valence-electron chi connectivity index (χ1n) is 17.2. The van der Waals surface area contributed by atoms with Gasteiger partial charge in [-0.05, 0) is 56.0 Å². The normalized spacial score (nSPS) is 24.8. The third-order valence-corrected chi connectivity index (χ3v) is 21.3. The van der Waals surface area contributed by atoms with E-state index in [0.717, 1.165) is 42.8 Å². The van der Waals surface area contributed by atoms with Crippen molar-refractivity contribution in [2.75, 3.05) is 11.9 Å².